The van der Waals surface area contributed by atoms with Crippen LogP contribution in [0.5, 0.6) is 5.75 Å². The van der Waals surface area contributed by atoms with E-state index >= 15 is 0 Å². The van der Waals surface area contributed by atoms with E-state index in [4.69, 9.17) is 4.74 Å². The number of benzene rings is 1. The zero-order valence-electron chi connectivity index (χ0n) is 14.4. The number of carbonyl (C=O) groups is 1. The summed E-state index contributed by atoms with van der Waals surface area (Å²) in [6.07, 6.45) is 5.28. The molecule has 1 aromatic carbocycles. The predicted molar refractivity (Wildman–Crippen MR) is 95.1 cm³/mol. The summed E-state index contributed by atoms with van der Waals surface area (Å²) in [7, 11) is 3.50. The first kappa shape index (κ1) is 17.9. The van der Waals surface area contributed by atoms with Crippen LogP contribution in [0.1, 0.15) is 11.1 Å². The Morgan fingerprint density at radius 3 is 2.42 bits per heavy atom. The number of likely N-dealkylation sites (N-methyl/N-ethyl adjacent to an activating group) is 1. The molecule has 0 unspecified atom stereocenters. The summed E-state index contributed by atoms with van der Waals surface area (Å²) in [6, 6.07) is 11.9. The lowest BCUT2D eigenvalue weighted by Crippen LogP contribution is -2.37. The zero-order chi connectivity index (χ0) is 17.2. The lowest BCUT2D eigenvalue weighted by atomic mass is 10.1. The Morgan fingerprint density at radius 2 is 1.75 bits per heavy atom. The second-order valence-electron chi connectivity index (χ2n) is 5.70. The third kappa shape index (κ3) is 6.01. The Bertz CT molecular complexity index is 614. The number of aromatic nitrogens is 1. The lowest BCUT2D eigenvalue weighted by molar-refractivity contribution is -0.128. The second kappa shape index (κ2) is 9.67. The summed E-state index contributed by atoms with van der Waals surface area (Å²) in [5, 5.41) is 3.21. The van der Waals surface area contributed by atoms with Crippen molar-refractivity contribution in [3.05, 3.63) is 59.9 Å². The molecule has 128 valence electrons. The molecule has 0 aliphatic rings. The van der Waals surface area contributed by atoms with Crippen molar-refractivity contribution in [2.45, 2.75) is 12.8 Å². The van der Waals surface area contributed by atoms with Crippen molar-refractivity contribution in [1.82, 2.24) is 15.2 Å². The smallest absolute Gasteiger partial charge is 0.236 e. The third-order valence-electron chi connectivity index (χ3n) is 3.94. The quantitative estimate of drug-likeness (QED) is 0.715. The third-order valence-corrected chi connectivity index (χ3v) is 3.94. The van der Waals surface area contributed by atoms with Gasteiger partial charge >= 0.3 is 0 Å². The van der Waals surface area contributed by atoms with E-state index in [1.807, 2.05) is 43.4 Å². The fourth-order valence-corrected chi connectivity index (χ4v) is 2.33. The molecule has 0 spiro atoms. The number of hydrogen-bond donors (Lipinski definition) is 1. The molecule has 2 aromatic rings. The van der Waals surface area contributed by atoms with Crippen molar-refractivity contribution in [3.63, 3.8) is 0 Å². The van der Waals surface area contributed by atoms with Crippen LogP contribution in [0.25, 0.3) is 0 Å². The number of carbonyl (C=O) groups excluding carboxylic acids is 1. The maximum atomic E-state index is 12.1. The fraction of sp³-hybridized carbons (Fsp3) is 0.368. The zero-order valence-corrected chi connectivity index (χ0v) is 14.4. The van der Waals surface area contributed by atoms with Crippen LogP contribution in [0.4, 0.5) is 0 Å². The van der Waals surface area contributed by atoms with E-state index in [2.05, 4.69) is 10.3 Å². The number of methoxy groups -OCH3 is 1. The molecule has 1 amide bonds. The molecule has 24 heavy (non-hydrogen) atoms. The van der Waals surface area contributed by atoms with Gasteiger partial charge in [0, 0.05) is 26.0 Å². The second-order valence-corrected chi connectivity index (χ2v) is 5.70. The van der Waals surface area contributed by atoms with Gasteiger partial charge in [0.1, 0.15) is 5.75 Å². The van der Waals surface area contributed by atoms with E-state index in [9.17, 15) is 4.79 Å². The molecular weight excluding hydrogens is 302 g/mol. The Labute approximate surface area is 143 Å². The van der Waals surface area contributed by atoms with Gasteiger partial charge in [-0.25, -0.2) is 0 Å². The van der Waals surface area contributed by atoms with Gasteiger partial charge in [-0.1, -0.05) is 12.1 Å². The Hall–Kier alpha value is -2.40. The van der Waals surface area contributed by atoms with Crippen LogP contribution in [0.2, 0.25) is 0 Å². The summed E-state index contributed by atoms with van der Waals surface area (Å²) in [4.78, 5) is 17.9. The van der Waals surface area contributed by atoms with Crippen molar-refractivity contribution in [2.75, 3.05) is 33.8 Å². The normalized spacial score (nSPS) is 10.4. The number of ether oxygens (including phenoxy) is 1. The van der Waals surface area contributed by atoms with Crippen molar-refractivity contribution in [2.24, 2.45) is 0 Å². The number of pyridine rings is 1. The highest BCUT2D eigenvalue weighted by molar-refractivity contribution is 5.77. The molecule has 1 heterocycles. The van der Waals surface area contributed by atoms with Gasteiger partial charge in [-0.05, 0) is 54.8 Å². The maximum absolute atomic E-state index is 12.1. The minimum atomic E-state index is 0.110. The van der Waals surface area contributed by atoms with E-state index in [0.29, 0.717) is 13.1 Å². The van der Waals surface area contributed by atoms with Gasteiger partial charge in [0.25, 0.3) is 0 Å². The van der Waals surface area contributed by atoms with E-state index < -0.39 is 0 Å². The SMILES string of the molecule is COc1ccc(CCNCC(=O)N(C)CCc2ccncc2)cc1. The van der Waals surface area contributed by atoms with Gasteiger partial charge in [0.2, 0.25) is 5.91 Å². The summed E-state index contributed by atoms with van der Waals surface area (Å²) in [5.74, 6) is 0.969. The van der Waals surface area contributed by atoms with E-state index in [1.54, 1.807) is 24.4 Å². The molecule has 5 heteroatoms. The van der Waals surface area contributed by atoms with Gasteiger partial charge in [0.05, 0.1) is 13.7 Å². The van der Waals surface area contributed by atoms with Gasteiger partial charge in [-0.15, -0.1) is 0 Å². The summed E-state index contributed by atoms with van der Waals surface area (Å²) in [6.45, 7) is 1.85. The van der Waals surface area contributed by atoms with E-state index in [0.717, 1.165) is 25.1 Å². The first-order valence-corrected chi connectivity index (χ1v) is 8.15. The van der Waals surface area contributed by atoms with E-state index in [1.165, 1.54) is 11.1 Å². The van der Waals surface area contributed by atoms with Crippen LogP contribution in [0, 0.1) is 0 Å². The van der Waals surface area contributed by atoms with Crippen LogP contribution in [0.3, 0.4) is 0 Å². The highest BCUT2D eigenvalue weighted by Gasteiger charge is 2.08. The molecule has 1 aromatic heterocycles. The Balaban J connectivity index is 1.63. The Kier molecular flexibility index (Phi) is 7.23. The molecule has 0 fully saturated rings. The molecule has 1 N–H and O–H groups in total. The largest absolute Gasteiger partial charge is 0.497 e. The highest BCUT2D eigenvalue weighted by atomic mass is 16.5. The first-order chi connectivity index (χ1) is 11.7. The van der Waals surface area contributed by atoms with Crippen molar-refractivity contribution >= 4 is 5.91 Å². The minimum Gasteiger partial charge on any atom is -0.497 e. The molecule has 0 bridgehead atoms. The van der Waals surface area contributed by atoms with Crippen LogP contribution < -0.4 is 10.1 Å². The Morgan fingerprint density at radius 1 is 1.08 bits per heavy atom. The van der Waals surface area contributed by atoms with Gasteiger partial charge in [-0.3, -0.25) is 9.78 Å². The molecule has 5 nitrogen and oxygen atoms in total. The van der Waals surface area contributed by atoms with Crippen LogP contribution in [0.15, 0.2) is 48.8 Å². The molecular formula is C19H25N3O2. The lowest BCUT2D eigenvalue weighted by Gasteiger charge is -2.17. The van der Waals surface area contributed by atoms with E-state index in [-0.39, 0.29) is 5.91 Å². The van der Waals surface area contributed by atoms with Crippen LogP contribution in [-0.2, 0) is 17.6 Å². The van der Waals surface area contributed by atoms with Gasteiger partial charge in [0.15, 0.2) is 0 Å². The van der Waals surface area contributed by atoms with Crippen molar-refractivity contribution in [1.29, 1.82) is 0 Å². The monoisotopic (exact) mass is 327 g/mol. The average molecular weight is 327 g/mol. The van der Waals surface area contributed by atoms with Crippen LogP contribution >= 0.6 is 0 Å². The summed E-state index contributed by atoms with van der Waals surface area (Å²) < 4.78 is 5.14. The number of nitrogens with zero attached hydrogens (tertiary/aromatic N) is 2. The standard InChI is InChI=1S/C19H25N3O2/c1-22(14-10-17-7-11-20-12-8-17)19(23)15-21-13-9-16-3-5-18(24-2)6-4-16/h3-8,11-12,21H,9-10,13-15H2,1-2H3. The highest BCUT2D eigenvalue weighted by Crippen LogP contribution is 2.11. The fourth-order valence-electron chi connectivity index (χ4n) is 2.33. The van der Waals surface area contributed by atoms with Crippen molar-refractivity contribution in [3.8, 4) is 5.75 Å². The average Bonchev–Trinajstić information content (AvgIpc) is 2.64. The number of rotatable bonds is 9. The summed E-state index contributed by atoms with van der Waals surface area (Å²) in [5.41, 5.74) is 2.42. The van der Waals surface area contributed by atoms with Gasteiger partial charge in [-0.2, -0.15) is 0 Å². The minimum absolute atomic E-state index is 0.110. The molecule has 2 rings (SSSR count). The van der Waals surface area contributed by atoms with Crippen LogP contribution in [-0.4, -0.2) is 49.6 Å². The first-order valence-electron chi connectivity index (χ1n) is 8.15. The molecule has 0 aliphatic heterocycles. The topological polar surface area (TPSA) is 54.5 Å². The number of nitrogens with one attached hydrogen (secondary N) is 1. The molecule has 0 aliphatic carbocycles. The molecule has 0 saturated carbocycles. The molecule has 0 saturated heterocycles. The molecule has 0 atom stereocenters. The van der Waals surface area contributed by atoms with Crippen molar-refractivity contribution < 1.29 is 9.53 Å². The summed E-state index contributed by atoms with van der Waals surface area (Å²) >= 11 is 0. The maximum Gasteiger partial charge on any atom is 0.236 e. The number of amides is 1. The molecule has 0 radical (unpaired) electrons. The predicted octanol–water partition coefficient (Wildman–Crippen LogP) is 1.92. The number of hydrogen-bond acceptors (Lipinski definition) is 4. The van der Waals surface area contributed by atoms with Gasteiger partial charge < -0.3 is 15.0 Å².